The average molecular weight is 264 g/mol. The highest BCUT2D eigenvalue weighted by Crippen LogP contribution is 2.32. The molecule has 0 aromatic heterocycles. The van der Waals surface area contributed by atoms with E-state index < -0.39 is 0 Å². The molecule has 4 nitrogen and oxygen atoms in total. The average Bonchev–Trinajstić information content (AvgIpc) is 2.37. The first kappa shape index (κ1) is 14.2. The van der Waals surface area contributed by atoms with E-state index >= 15 is 0 Å². The van der Waals surface area contributed by atoms with E-state index in [1.54, 1.807) is 13.2 Å². The van der Waals surface area contributed by atoms with Gasteiger partial charge in [0.05, 0.1) is 7.11 Å². The Labute approximate surface area is 115 Å². The van der Waals surface area contributed by atoms with Gasteiger partial charge in [0, 0.05) is 25.2 Å². The molecule has 1 aliphatic heterocycles. The van der Waals surface area contributed by atoms with Crippen LogP contribution < -0.4 is 10.5 Å². The normalized spacial score (nSPS) is 26.1. The van der Waals surface area contributed by atoms with E-state index in [1.165, 1.54) is 0 Å². The monoisotopic (exact) mass is 264 g/mol. The zero-order chi connectivity index (χ0) is 14.0. The van der Waals surface area contributed by atoms with Crippen LogP contribution in [0.4, 0.5) is 0 Å². The summed E-state index contributed by atoms with van der Waals surface area (Å²) in [5.41, 5.74) is 7.25. The lowest BCUT2D eigenvalue weighted by atomic mass is 9.94. The molecule has 2 rings (SSSR count). The van der Waals surface area contributed by atoms with Crippen molar-refractivity contribution in [3.8, 4) is 11.5 Å². The molecule has 3 N–H and O–H groups in total. The highest BCUT2D eigenvalue weighted by Gasteiger charge is 2.26. The van der Waals surface area contributed by atoms with Crippen LogP contribution in [0.25, 0.3) is 0 Å². The van der Waals surface area contributed by atoms with Crippen molar-refractivity contribution in [2.24, 2.45) is 11.7 Å². The predicted molar refractivity (Wildman–Crippen MR) is 76.4 cm³/mol. The number of benzene rings is 1. The van der Waals surface area contributed by atoms with Gasteiger partial charge in [-0.2, -0.15) is 0 Å². The van der Waals surface area contributed by atoms with E-state index in [0.29, 0.717) is 11.7 Å². The highest BCUT2D eigenvalue weighted by molar-refractivity contribution is 5.42. The Kier molecular flexibility index (Phi) is 4.32. The Morgan fingerprint density at radius 3 is 2.79 bits per heavy atom. The van der Waals surface area contributed by atoms with Crippen LogP contribution in [0.5, 0.6) is 11.5 Å². The summed E-state index contributed by atoms with van der Waals surface area (Å²) in [4.78, 5) is 2.41. The Balaban J connectivity index is 2.16. The van der Waals surface area contributed by atoms with Crippen molar-refractivity contribution in [3.63, 3.8) is 0 Å². The molecule has 0 saturated carbocycles. The quantitative estimate of drug-likeness (QED) is 0.878. The molecule has 3 unspecified atom stereocenters. The SMILES string of the molecule is COc1cc(C(C)N2CC(C)CC(N)C2)ccc1O. The highest BCUT2D eigenvalue weighted by atomic mass is 16.5. The molecule has 19 heavy (non-hydrogen) atoms. The van der Waals surface area contributed by atoms with Crippen molar-refractivity contribution in [3.05, 3.63) is 23.8 Å². The van der Waals surface area contributed by atoms with Gasteiger partial charge in [-0.15, -0.1) is 0 Å². The van der Waals surface area contributed by atoms with Crippen LogP contribution in [0, 0.1) is 5.92 Å². The molecule has 4 heteroatoms. The standard InChI is InChI=1S/C15H24N2O2/c1-10-6-13(16)9-17(8-10)11(2)12-4-5-14(18)15(7-12)19-3/h4-5,7,10-11,13,18H,6,8-9,16H2,1-3H3. The van der Waals surface area contributed by atoms with Crippen molar-refractivity contribution >= 4 is 0 Å². The smallest absolute Gasteiger partial charge is 0.160 e. The lowest BCUT2D eigenvalue weighted by Crippen LogP contribution is -2.47. The first-order valence-corrected chi connectivity index (χ1v) is 6.87. The van der Waals surface area contributed by atoms with Gasteiger partial charge >= 0.3 is 0 Å². The van der Waals surface area contributed by atoms with Gasteiger partial charge in [-0.05, 0) is 37.0 Å². The number of methoxy groups -OCH3 is 1. The summed E-state index contributed by atoms with van der Waals surface area (Å²) < 4.78 is 5.17. The van der Waals surface area contributed by atoms with Gasteiger partial charge in [-0.1, -0.05) is 13.0 Å². The summed E-state index contributed by atoms with van der Waals surface area (Å²) in [7, 11) is 1.57. The summed E-state index contributed by atoms with van der Waals surface area (Å²) in [6.45, 7) is 6.42. The molecule has 0 bridgehead atoms. The van der Waals surface area contributed by atoms with E-state index in [-0.39, 0.29) is 17.8 Å². The fourth-order valence-electron chi connectivity index (χ4n) is 2.92. The second kappa shape index (κ2) is 5.80. The second-order valence-corrected chi connectivity index (χ2v) is 5.66. The third kappa shape index (κ3) is 3.19. The minimum Gasteiger partial charge on any atom is -0.504 e. The van der Waals surface area contributed by atoms with E-state index in [2.05, 4.69) is 18.7 Å². The topological polar surface area (TPSA) is 58.7 Å². The molecule has 3 atom stereocenters. The number of nitrogens with two attached hydrogens (primary N) is 1. The molecule has 0 amide bonds. The van der Waals surface area contributed by atoms with E-state index in [0.717, 1.165) is 25.1 Å². The number of phenolic OH excluding ortho intramolecular Hbond substituents is 1. The van der Waals surface area contributed by atoms with Gasteiger partial charge in [-0.25, -0.2) is 0 Å². The summed E-state index contributed by atoms with van der Waals surface area (Å²) in [5.74, 6) is 1.34. The Hall–Kier alpha value is -1.26. The predicted octanol–water partition coefficient (Wildman–Crippen LogP) is 2.13. The lowest BCUT2D eigenvalue weighted by Gasteiger charge is -2.38. The van der Waals surface area contributed by atoms with Crippen molar-refractivity contribution in [1.29, 1.82) is 0 Å². The molecule has 1 heterocycles. The number of rotatable bonds is 3. The largest absolute Gasteiger partial charge is 0.504 e. The number of hydrogen-bond donors (Lipinski definition) is 2. The van der Waals surface area contributed by atoms with Crippen LogP contribution in [-0.4, -0.2) is 36.2 Å². The summed E-state index contributed by atoms with van der Waals surface area (Å²) >= 11 is 0. The minimum atomic E-state index is 0.183. The van der Waals surface area contributed by atoms with Crippen molar-refractivity contribution in [2.75, 3.05) is 20.2 Å². The molecule has 1 saturated heterocycles. The van der Waals surface area contributed by atoms with E-state index in [4.69, 9.17) is 10.5 Å². The van der Waals surface area contributed by atoms with Crippen LogP contribution in [0.3, 0.4) is 0 Å². The number of ether oxygens (including phenoxy) is 1. The van der Waals surface area contributed by atoms with Crippen molar-refractivity contribution < 1.29 is 9.84 Å². The number of hydrogen-bond acceptors (Lipinski definition) is 4. The van der Waals surface area contributed by atoms with Crippen LogP contribution in [-0.2, 0) is 0 Å². The number of piperidine rings is 1. The third-order valence-corrected chi connectivity index (χ3v) is 3.95. The maximum atomic E-state index is 9.65. The number of nitrogens with zero attached hydrogens (tertiary/aromatic N) is 1. The van der Waals surface area contributed by atoms with Gasteiger partial charge in [0.25, 0.3) is 0 Å². The van der Waals surface area contributed by atoms with E-state index in [1.807, 2.05) is 12.1 Å². The van der Waals surface area contributed by atoms with Crippen LogP contribution >= 0.6 is 0 Å². The van der Waals surface area contributed by atoms with Gasteiger partial charge in [0.1, 0.15) is 0 Å². The van der Waals surface area contributed by atoms with Crippen LogP contribution in [0.15, 0.2) is 18.2 Å². The zero-order valence-corrected chi connectivity index (χ0v) is 12.0. The maximum absolute atomic E-state index is 9.65. The molecule has 1 aromatic rings. The molecule has 0 radical (unpaired) electrons. The summed E-state index contributed by atoms with van der Waals surface area (Å²) in [6.07, 6.45) is 1.10. The fraction of sp³-hybridized carbons (Fsp3) is 0.600. The van der Waals surface area contributed by atoms with Gasteiger partial charge in [0.15, 0.2) is 11.5 Å². The van der Waals surface area contributed by atoms with Crippen LogP contribution in [0.1, 0.15) is 31.9 Å². The number of phenols is 1. The van der Waals surface area contributed by atoms with Crippen molar-refractivity contribution in [2.45, 2.75) is 32.4 Å². The van der Waals surface area contributed by atoms with Gasteiger partial charge < -0.3 is 15.6 Å². The molecule has 106 valence electrons. The Morgan fingerprint density at radius 1 is 1.42 bits per heavy atom. The Bertz CT molecular complexity index is 426. The fourth-order valence-corrected chi connectivity index (χ4v) is 2.92. The summed E-state index contributed by atoms with van der Waals surface area (Å²) in [6, 6.07) is 6.09. The van der Waals surface area contributed by atoms with Crippen molar-refractivity contribution in [1.82, 2.24) is 4.90 Å². The molecule has 0 spiro atoms. The van der Waals surface area contributed by atoms with Gasteiger partial charge in [-0.3, -0.25) is 4.90 Å². The third-order valence-electron chi connectivity index (χ3n) is 3.95. The minimum absolute atomic E-state index is 0.183. The molecule has 1 fully saturated rings. The molecular formula is C15H24N2O2. The van der Waals surface area contributed by atoms with Crippen LogP contribution in [0.2, 0.25) is 0 Å². The number of aromatic hydroxyl groups is 1. The zero-order valence-electron chi connectivity index (χ0n) is 12.0. The lowest BCUT2D eigenvalue weighted by molar-refractivity contribution is 0.124. The molecular weight excluding hydrogens is 240 g/mol. The molecule has 1 aromatic carbocycles. The second-order valence-electron chi connectivity index (χ2n) is 5.66. The molecule has 1 aliphatic rings. The first-order chi connectivity index (χ1) is 9.01. The summed E-state index contributed by atoms with van der Waals surface area (Å²) in [5, 5.41) is 9.65. The maximum Gasteiger partial charge on any atom is 0.160 e. The van der Waals surface area contributed by atoms with E-state index in [9.17, 15) is 5.11 Å². The first-order valence-electron chi connectivity index (χ1n) is 6.87. The van der Waals surface area contributed by atoms with Gasteiger partial charge in [0.2, 0.25) is 0 Å². The Morgan fingerprint density at radius 2 is 2.16 bits per heavy atom. The molecule has 0 aliphatic carbocycles. The number of likely N-dealkylation sites (tertiary alicyclic amines) is 1.